The van der Waals surface area contributed by atoms with Crippen LogP contribution in [0, 0.1) is 0 Å². The molecule has 140 valence electrons. The van der Waals surface area contributed by atoms with Gasteiger partial charge in [-0.05, 0) is 25.3 Å². The van der Waals surface area contributed by atoms with Gasteiger partial charge >= 0.3 is 0 Å². The number of amides is 1. The van der Waals surface area contributed by atoms with Crippen molar-refractivity contribution in [1.29, 1.82) is 0 Å². The molecular formula is C17H22N4O2S3. The highest BCUT2D eigenvalue weighted by Crippen LogP contribution is 2.39. The Hall–Kier alpha value is -0.870. The number of rotatable bonds is 4. The van der Waals surface area contributed by atoms with E-state index in [1.807, 2.05) is 11.2 Å². The lowest BCUT2D eigenvalue weighted by molar-refractivity contribution is -0.132. The third-order valence-corrected chi connectivity index (χ3v) is 7.33. The van der Waals surface area contributed by atoms with Crippen molar-refractivity contribution >= 4 is 51.0 Å². The van der Waals surface area contributed by atoms with Crippen LogP contribution in [0.5, 0.6) is 0 Å². The summed E-state index contributed by atoms with van der Waals surface area (Å²) in [5.41, 5.74) is 1.39. The average molecular weight is 411 g/mol. The number of carbonyl (C=O) groups excluding carboxylic acids is 1. The van der Waals surface area contributed by atoms with Gasteiger partial charge in [0.25, 0.3) is 0 Å². The van der Waals surface area contributed by atoms with E-state index in [4.69, 9.17) is 14.7 Å². The van der Waals surface area contributed by atoms with Crippen molar-refractivity contribution in [2.24, 2.45) is 0 Å². The van der Waals surface area contributed by atoms with Crippen LogP contribution >= 0.6 is 34.9 Å². The molecule has 2 aromatic heterocycles. The van der Waals surface area contributed by atoms with Crippen LogP contribution in [0.15, 0.2) is 10.2 Å². The molecule has 4 rings (SSSR count). The molecule has 0 atom stereocenters. The number of nitrogens with zero attached hydrogens (tertiary/aromatic N) is 4. The fourth-order valence-electron chi connectivity index (χ4n) is 3.30. The topological polar surface area (TPSA) is 58.6 Å². The summed E-state index contributed by atoms with van der Waals surface area (Å²) >= 11 is 4.89. The van der Waals surface area contributed by atoms with E-state index in [0.717, 1.165) is 34.5 Å². The monoisotopic (exact) mass is 410 g/mol. The Labute approximate surface area is 165 Å². The molecule has 0 N–H and O–H groups in total. The summed E-state index contributed by atoms with van der Waals surface area (Å²) in [6, 6.07) is 0. The van der Waals surface area contributed by atoms with E-state index in [0.29, 0.717) is 32.1 Å². The zero-order valence-electron chi connectivity index (χ0n) is 15.0. The number of morpholine rings is 1. The van der Waals surface area contributed by atoms with Gasteiger partial charge in [0.2, 0.25) is 5.91 Å². The van der Waals surface area contributed by atoms with Crippen LogP contribution in [0.3, 0.4) is 0 Å². The second kappa shape index (κ2) is 8.02. The number of hydrogen-bond donors (Lipinski definition) is 0. The molecule has 4 heterocycles. The molecule has 1 fully saturated rings. The van der Waals surface area contributed by atoms with E-state index >= 15 is 0 Å². The predicted octanol–water partition coefficient (Wildman–Crippen LogP) is 2.35. The summed E-state index contributed by atoms with van der Waals surface area (Å²) in [7, 11) is 2.16. The summed E-state index contributed by atoms with van der Waals surface area (Å²) in [6.07, 6.45) is 3.02. The van der Waals surface area contributed by atoms with Gasteiger partial charge in [-0.1, -0.05) is 23.5 Å². The highest BCUT2D eigenvalue weighted by molar-refractivity contribution is 8.00. The highest BCUT2D eigenvalue weighted by atomic mass is 32.2. The molecule has 0 spiro atoms. The standard InChI is InChI=1S/C17H22N4O2S3/c1-20-4-3-11-12(9-20)26-16-14(11)15(18-17(19-16)24-2)25-10-13(22)21-5-7-23-8-6-21/h3-10H2,1-2H3. The Morgan fingerprint density at radius 2 is 2.08 bits per heavy atom. The van der Waals surface area contributed by atoms with E-state index in [1.165, 1.54) is 15.8 Å². The van der Waals surface area contributed by atoms with Gasteiger partial charge in [-0.25, -0.2) is 9.97 Å². The van der Waals surface area contributed by atoms with E-state index in [2.05, 4.69) is 11.9 Å². The van der Waals surface area contributed by atoms with E-state index < -0.39 is 0 Å². The molecule has 1 saturated heterocycles. The fourth-order valence-corrected chi connectivity index (χ4v) is 6.10. The molecule has 2 aliphatic heterocycles. The maximum absolute atomic E-state index is 12.5. The quantitative estimate of drug-likeness (QED) is 0.436. The molecule has 0 radical (unpaired) electrons. The molecule has 2 aliphatic rings. The van der Waals surface area contributed by atoms with Gasteiger partial charge in [0.15, 0.2) is 5.16 Å². The van der Waals surface area contributed by atoms with Crippen LogP contribution < -0.4 is 0 Å². The number of fused-ring (bicyclic) bond motifs is 3. The first-order valence-corrected chi connectivity index (χ1v) is 11.7. The second-order valence-corrected chi connectivity index (χ2v) is 9.29. The smallest absolute Gasteiger partial charge is 0.233 e. The molecule has 0 unspecified atom stereocenters. The summed E-state index contributed by atoms with van der Waals surface area (Å²) in [6.45, 7) is 4.68. The van der Waals surface area contributed by atoms with Gasteiger partial charge in [0, 0.05) is 36.4 Å². The lowest BCUT2D eigenvalue weighted by Crippen LogP contribution is -2.41. The molecule has 6 nitrogen and oxygen atoms in total. The third kappa shape index (κ3) is 3.73. The average Bonchev–Trinajstić information content (AvgIpc) is 3.03. The van der Waals surface area contributed by atoms with Crippen molar-refractivity contribution < 1.29 is 9.53 Å². The Kier molecular flexibility index (Phi) is 5.70. The minimum absolute atomic E-state index is 0.166. The van der Waals surface area contributed by atoms with Crippen molar-refractivity contribution in [2.75, 3.05) is 51.9 Å². The Bertz CT molecular complexity index is 820. The molecule has 9 heteroatoms. The van der Waals surface area contributed by atoms with E-state index in [9.17, 15) is 4.79 Å². The van der Waals surface area contributed by atoms with Crippen molar-refractivity contribution in [3.8, 4) is 0 Å². The van der Waals surface area contributed by atoms with Crippen molar-refractivity contribution in [3.63, 3.8) is 0 Å². The number of hydrogen-bond acceptors (Lipinski definition) is 8. The van der Waals surface area contributed by atoms with Gasteiger partial charge in [-0.2, -0.15) is 0 Å². The minimum Gasteiger partial charge on any atom is -0.378 e. The van der Waals surface area contributed by atoms with Crippen LogP contribution in [0.2, 0.25) is 0 Å². The lowest BCUT2D eigenvalue weighted by Gasteiger charge is -2.26. The zero-order valence-corrected chi connectivity index (χ0v) is 17.4. The summed E-state index contributed by atoms with van der Waals surface area (Å²) in [4.78, 5) is 28.7. The summed E-state index contributed by atoms with van der Waals surface area (Å²) in [5, 5.41) is 2.92. The van der Waals surface area contributed by atoms with Gasteiger partial charge in [0.05, 0.1) is 19.0 Å². The Morgan fingerprint density at radius 3 is 2.85 bits per heavy atom. The number of likely N-dealkylation sites (N-methyl/N-ethyl adjacent to an activating group) is 1. The van der Waals surface area contributed by atoms with Crippen LogP contribution in [0.25, 0.3) is 10.2 Å². The summed E-state index contributed by atoms with van der Waals surface area (Å²) in [5.74, 6) is 0.587. The molecule has 0 saturated carbocycles. The molecule has 26 heavy (non-hydrogen) atoms. The minimum atomic E-state index is 0.166. The summed E-state index contributed by atoms with van der Waals surface area (Å²) < 4.78 is 5.33. The van der Waals surface area contributed by atoms with Crippen molar-refractivity contribution in [1.82, 2.24) is 19.8 Å². The largest absolute Gasteiger partial charge is 0.378 e. The van der Waals surface area contributed by atoms with E-state index in [-0.39, 0.29) is 5.91 Å². The first-order chi connectivity index (χ1) is 12.7. The number of carbonyl (C=O) groups is 1. The second-order valence-electron chi connectivity index (χ2n) is 6.47. The predicted molar refractivity (Wildman–Crippen MR) is 107 cm³/mol. The highest BCUT2D eigenvalue weighted by Gasteiger charge is 2.24. The zero-order chi connectivity index (χ0) is 18.1. The normalized spacial score (nSPS) is 18.3. The van der Waals surface area contributed by atoms with Gasteiger partial charge in [-0.3, -0.25) is 4.79 Å². The molecule has 0 bridgehead atoms. The third-order valence-electron chi connectivity index (χ3n) is 4.72. The van der Waals surface area contributed by atoms with Crippen LogP contribution in [0.1, 0.15) is 10.4 Å². The maximum atomic E-state index is 12.5. The Morgan fingerprint density at radius 1 is 1.27 bits per heavy atom. The molecule has 1 amide bonds. The fraction of sp³-hybridized carbons (Fsp3) is 0.588. The van der Waals surface area contributed by atoms with Crippen LogP contribution in [0.4, 0.5) is 0 Å². The number of ether oxygens (including phenoxy) is 1. The number of thiophene rings is 1. The molecule has 2 aromatic rings. The number of aromatic nitrogens is 2. The molecular weight excluding hydrogens is 388 g/mol. The molecule has 0 aliphatic carbocycles. The van der Waals surface area contributed by atoms with Crippen LogP contribution in [-0.4, -0.2) is 77.6 Å². The lowest BCUT2D eigenvalue weighted by atomic mass is 10.1. The Balaban J connectivity index is 1.61. The van der Waals surface area contributed by atoms with Gasteiger partial charge in [0.1, 0.15) is 9.86 Å². The van der Waals surface area contributed by atoms with Crippen LogP contribution in [-0.2, 0) is 22.5 Å². The molecule has 0 aromatic carbocycles. The van der Waals surface area contributed by atoms with Gasteiger partial charge < -0.3 is 14.5 Å². The first kappa shape index (κ1) is 18.5. The van der Waals surface area contributed by atoms with E-state index in [1.54, 1.807) is 34.9 Å². The first-order valence-electron chi connectivity index (χ1n) is 8.69. The SMILES string of the molecule is CSc1nc(SCC(=O)N2CCOCC2)c2c3c(sc2n1)CN(C)CC3. The van der Waals surface area contributed by atoms with Gasteiger partial charge in [-0.15, -0.1) is 11.3 Å². The maximum Gasteiger partial charge on any atom is 0.233 e. The van der Waals surface area contributed by atoms with Crippen molar-refractivity contribution in [2.45, 2.75) is 23.1 Å². The number of thioether (sulfide) groups is 2. The van der Waals surface area contributed by atoms with Crippen molar-refractivity contribution in [3.05, 3.63) is 10.4 Å².